The highest BCUT2D eigenvalue weighted by Crippen LogP contribution is 2.25. The molecule has 1 aliphatic carbocycles. The minimum Gasteiger partial charge on any atom is -0.387 e. The molecule has 17 heavy (non-hydrogen) atoms. The molecule has 94 valence electrons. The Balaban J connectivity index is 1.97. The fourth-order valence-corrected chi connectivity index (χ4v) is 2.37. The summed E-state index contributed by atoms with van der Waals surface area (Å²) in [5.74, 6) is 0. The first-order valence-electron chi connectivity index (χ1n) is 6.74. The Hall–Kier alpha value is -0.860. The van der Waals surface area contributed by atoms with Crippen molar-refractivity contribution in [1.29, 1.82) is 0 Å². The zero-order valence-corrected chi connectivity index (χ0v) is 10.9. The van der Waals surface area contributed by atoms with Crippen LogP contribution in [0.5, 0.6) is 0 Å². The van der Waals surface area contributed by atoms with Gasteiger partial charge in [0.1, 0.15) is 0 Å². The maximum atomic E-state index is 10.1. The molecule has 2 atom stereocenters. The van der Waals surface area contributed by atoms with Gasteiger partial charge < -0.3 is 10.4 Å². The first kappa shape index (κ1) is 12.6. The zero-order chi connectivity index (χ0) is 12.3. The van der Waals surface area contributed by atoms with Crippen LogP contribution >= 0.6 is 0 Å². The van der Waals surface area contributed by atoms with Crippen LogP contribution in [0.15, 0.2) is 18.2 Å². The molecule has 1 aromatic carbocycles. The fourth-order valence-electron chi connectivity index (χ4n) is 2.37. The highest BCUT2D eigenvalue weighted by Gasteiger charge is 2.14. The molecular formula is C15H23NO. The fraction of sp³-hybridized carbons (Fsp3) is 0.600. The molecule has 1 aliphatic rings. The summed E-state index contributed by atoms with van der Waals surface area (Å²) in [5.41, 5.74) is 3.96. The Labute approximate surface area is 104 Å². The molecule has 0 fully saturated rings. The second kappa shape index (κ2) is 5.65. The van der Waals surface area contributed by atoms with Crippen LogP contribution in [0, 0.1) is 0 Å². The van der Waals surface area contributed by atoms with Crippen molar-refractivity contribution in [1.82, 2.24) is 5.32 Å². The highest BCUT2D eigenvalue weighted by atomic mass is 16.3. The van der Waals surface area contributed by atoms with E-state index >= 15 is 0 Å². The number of hydrogen-bond acceptors (Lipinski definition) is 2. The van der Waals surface area contributed by atoms with Gasteiger partial charge in [-0.15, -0.1) is 0 Å². The lowest BCUT2D eigenvalue weighted by atomic mass is 10.0. The van der Waals surface area contributed by atoms with Gasteiger partial charge in [0.05, 0.1) is 6.10 Å². The summed E-state index contributed by atoms with van der Waals surface area (Å²) in [6.07, 6.45) is 4.36. The van der Waals surface area contributed by atoms with Gasteiger partial charge >= 0.3 is 0 Å². The number of benzene rings is 1. The lowest BCUT2D eigenvalue weighted by Crippen LogP contribution is -2.29. The molecular weight excluding hydrogens is 210 g/mol. The minimum atomic E-state index is -0.380. The van der Waals surface area contributed by atoms with E-state index in [0.717, 1.165) is 12.0 Å². The van der Waals surface area contributed by atoms with Crippen molar-refractivity contribution in [3.05, 3.63) is 34.9 Å². The molecule has 0 aromatic heterocycles. The van der Waals surface area contributed by atoms with Gasteiger partial charge in [-0.05, 0) is 49.3 Å². The Morgan fingerprint density at radius 3 is 2.82 bits per heavy atom. The second-order valence-corrected chi connectivity index (χ2v) is 5.12. The third-order valence-electron chi connectivity index (χ3n) is 3.78. The van der Waals surface area contributed by atoms with Gasteiger partial charge in [0, 0.05) is 12.6 Å². The van der Waals surface area contributed by atoms with Crippen molar-refractivity contribution in [2.24, 2.45) is 0 Å². The van der Waals surface area contributed by atoms with Crippen LogP contribution in [-0.4, -0.2) is 17.7 Å². The van der Waals surface area contributed by atoms with Gasteiger partial charge in [-0.25, -0.2) is 0 Å². The van der Waals surface area contributed by atoms with Gasteiger partial charge in [0.15, 0.2) is 0 Å². The normalized spacial score (nSPS) is 17.8. The number of hydrogen-bond donors (Lipinski definition) is 2. The number of aryl methyl sites for hydroxylation is 2. The lowest BCUT2D eigenvalue weighted by molar-refractivity contribution is 0.170. The van der Waals surface area contributed by atoms with Crippen LogP contribution in [0.25, 0.3) is 0 Å². The van der Waals surface area contributed by atoms with Crippen LogP contribution in [0.3, 0.4) is 0 Å². The zero-order valence-electron chi connectivity index (χ0n) is 10.9. The number of rotatable bonds is 5. The Morgan fingerprint density at radius 1 is 1.29 bits per heavy atom. The topological polar surface area (TPSA) is 32.3 Å². The minimum absolute atomic E-state index is 0.380. The predicted octanol–water partition coefficient (Wildman–Crippen LogP) is 2.60. The average molecular weight is 233 g/mol. The number of aliphatic hydroxyl groups is 1. The quantitative estimate of drug-likeness (QED) is 0.819. The summed E-state index contributed by atoms with van der Waals surface area (Å²) in [6, 6.07) is 6.92. The molecule has 0 spiro atoms. The van der Waals surface area contributed by atoms with Gasteiger partial charge in [-0.2, -0.15) is 0 Å². The summed E-state index contributed by atoms with van der Waals surface area (Å²) in [4.78, 5) is 0. The van der Waals surface area contributed by atoms with Gasteiger partial charge in [-0.1, -0.05) is 25.1 Å². The maximum Gasteiger partial charge on any atom is 0.0914 e. The SMILES string of the molecule is CC[C@H](C)NC[C@@H](O)c1ccc2c(c1)CCC2. The van der Waals surface area contributed by atoms with Crippen molar-refractivity contribution < 1.29 is 5.11 Å². The van der Waals surface area contributed by atoms with E-state index in [4.69, 9.17) is 0 Å². The van der Waals surface area contributed by atoms with Crippen molar-refractivity contribution >= 4 is 0 Å². The first-order valence-corrected chi connectivity index (χ1v) is 6.74. The van der Waals surface area contributed by atoms with Crippen LogP contribution in [0.2, 0.25) is 0 Å². The molecule has 0 unspecified atom stereocenters. The molecule has 0 saturated carbocycles. The molecule has 2 N–H and O–H groups in total. The van der Waals surface area contributed by atoms with E-state index in [1.807, 2.05) is 0 Å². The Bertz CT molecular complexity index is 375. The first-order chi connectivity index (χ1) is 8.20. The second-order valence-electron chi connectivity index (χ2n) is 5.12. The number of fused-ring (bicyclic) bond motifs is 1. The van der Waals surface area contributed by atoms with E-state index in [1.54, 1.807) is 0 Å². The number of aliphatic hydroxyl groups excluding tert-OH is 1. The van der Waals surface area contributed by atoms with Gasteiger partial charge in [0.25, 0.3) is 0 Å². The summed E-state index contributed by atoms with van der Waals surface area (Å²) < 4.78 is 0. The molecule has 2 nitrogen and oxygen atoms in total. The molecule has 0 saturated heterocycles. The molecule has 0 amide bonds. The Kier molecular flexibility index (Phi) is 4.19. The van der Waals surface area contributed by atoms with E-state index in [1.165, 1.54) is 30.4 Å². The van der Waals surface area contributed by atoms with Crippen LogP contribution in [0.4, 0.5) is 0 Å². The summed E-state index contributed by atoms with van der Waals surface area (Å²) in [6.45, 7) is 4.95. The van der Waals surface area contributed by atoms with E-state index < -0.39 is 0 Å². The summed E-state index contributed by atoms with van der Waals surface area (Å²) >= 11 is 0. The standard InChI is InChI=1S/C15H23NO/c1-3-11(2)16-10-15(17)14-8-7-12-5-4-6-13(12)9-14/h7-9,11,15-17H,3-6,10H2,1-2H3/t11-,15+/m0/s1. The van der Waals surface area contributed by atoms with E-state index in [2.05, 4.69) is 37.4 Å². The highest BCUT2D eigenvalue weighted by molar-refractivity contribution is 5.36. The third-order valence-corrected chi connectivity index (χ3v) is 3.78. The Morgan fingerprint density at radius 2 is 2.06 bits per heavy atom. The van der Waals surface area contributed by atoms with Crippen LogP contribution in [0.1, 0.15) is 49.5 Å². The van der Waals surface area contributed by atoms with Crippen molar-refractivity contribution in [2.45, 2.75) is 51.7 Å². The molecule has 0 aliphatic heterocycles. The van der Waals surface area contributed by atoms with E-state index in [0.29, 0.717) is 12.6 Å². The predicted molar refractivity (Wildman–Crippen MR) is 71.2 cm³/mol. The molecule has 0 radical (unpaired) electrons. The maximum absolute atomic E-state index is 10.1. The van der Waals surface area contributed by atoms with Crippen molar-refractivity contribution in [3.63, 3.8) is 0 Å². The molecule has 0 heterocycles. The van der Waals surface area contributed by atoms with Gasteiger partial charge in [-0.3, -0.25) is 0 Å². The van der Waals surface area contributed by atoms with E-state index in [9.17, 15) is 5.11 Å². The smallest absolute Gasteiger partial charge is 0.0914 e. The molecule has 1 aromatic rings. The third kappa shape index (κ3) is 3.08. The summed E-state index contributed by atoms with van der Waals surface area (Å²) in [7, 11) is 0. The van der Waals surface area contributed by atoms with Crippen molar-refractivity contribution in [2.75, 3.05) is 6.54 Å². The number of nitrogens with one attached hydrogen (secondary N) is 1. The van der Waals surface area contributed by atoms with Crippen molar-refractivity contribution in [3.8, 4) is 0 Å². The van der Waals surface area contributed by atoms with Crippen LogP contribution < -0.4 is 5.32 Å². The molecule has 2 heteroatoms. The average Bonchev–Trinajstić information content (AvgIpc) is 2.82. The lowest BCUT2D eigenvalue weighted by Gasteiger charge is -2.16. The van der Waals surface area contributed by atoms with Gasteiger partial charge in [0.2, 0.25) is 0 Å². The summed E-state index contributed by atoms with van der Waals surface area (Å²) in [5, 5.41) is 13.5. The molecule has 0 bridgehead atoms. The van der Waals surface area contributed by atoms with E-state index in [-0.39, 0.29) is 6.10 Å². The molecule has 2 rings (SSSR count). The monoisotopic (exact) mass is 233 g/mol. The van der Waals surface area contributed by atoms with Crippen LogP contribution in [-0.2, 0) is 12.8 Å². The largest absolute Gasteiger partial charge is 0.387 e.